The molecule has 1 atom stereocenters. The Kier molecular flexibility index (Phi) is 2.96. The normalized spacial score (nSPS) is 12.4. The molecule has 0 saturated carbocycles. The maximum absolute atomic E-state index is 10.8. The van der Waals surface area contributed by atoms with Crippen LogP contribution in [0.1, 0.15) is 28.0 Å². The summed E-state index contributed by atoms with van der Waals surface area (Å²) in [6, 6.07) is 11.8. The van der Waals surface area contributed by atoms with Crippen molar-refractivity contribution in [3.8, 4) is 0 Å². The Morgan fingerprint density at radius 2 is 2.05 bits per heavy atom. The van der Waals surface area contributed by atoms with Gasteiger partial charge in [0.25, 0.3) is 0 Å². The molecular weight excluding hydrogens is 258 g/mol. The van der Waals surface area contributed by atoms with E-state index in [1.54, 1.807) is 24.4 Å². The van der Waals surface area contributed by atoms with Crippen LogP contribution in [-0.2, 0) is 0 Å². The lowest BCUT2D eigenvalue weighted by Crippen LogP contribution is -1.99. The van der Waals surface area contributed by atoms with Crippen molar-refractivity contribution < 1.29 is 19.4 Å². The third kappa shape index (κ3) is 2.15. The molecule has 0 aliphatic carbocycles. The largest absolute Gasteiger partial charge is 0.475 e. The van der Waals surface area contributed by atoms with Crippen LogP contribution < -0.4 is 0 Å². The third-order valence-corrected chi connectivity index (χ3v) is 3.05. The number of aliphatic hydroxyl groups excluding tert-OH is 1. The molecular formula is C15H11NO4. The Labute approximate surface area is 114 Å². The predicted octanol–water partition coefficient (Wildman–Crippen LogP) is 2.61. The zero-order chi connectivity index (χ0) is 14.1. The highest BCUT2D eigenvalue weighted by molar-refractivity contribution is 5.84. The van der Waals surface area contributed by atoms with Crippen LogP contribution in [0.5, 0.6) is 0 Å². The summed E-state index contributed by atoms with van der Waals surface area (Å²) in [5.74, 6) is -1.15. The van der Waals surface area contributed by atoms with Gasteiger partial charge in [0.05, 0.1) is 5.52 Å². The standard InChI is InChI=1S/C15H11NO4/c17-14(12-5-6-13(20-12)15(18)19)10-3-4-11-9(8-10)2-1-7-16-11/h1-8,14,17H,(H,18,19). The van der Waals surface area contributed by atoms with Crippen molar-refractivity contribution in [3.63, 3.8) is 0 Å². The third-order valence-electron chi connectivity index (χ3n) is 3.05. The quantitative estimate of drug-likeness (QED) is 0.763. The molecule has 0 fully saturated rings. The van der Waals surface area contributed by atoms with Crippen LogP contribution in [0, 0.1) is 0 Å². The van der Waals surface area contributed by atoms with E-state index >= 15 is 0 Å². The topological polar surface area (TPSA) is 83.6 Å². The van der Waals surface area contributed by atoms with Gasteiger partial charge >= 0.3 is 5.97 Å². The molecule has 0 aliphatic rings. The summed E-state index contributed by atoms with van der Waals surface area (Å²) in [5.41, 5.74) is 1.45. The Morgan fingerprint density at radius 3 is 2.80 bits per heavy atom. The van der Waals surface area contributed by atoms with E-state index in [0.717, 1.165) is 10.9 Å². The molecule has 5 nitrogen and oxygen atoms in total. The van der Waals surface area contributed by atoms with E-state index in [2.05, 4.69) is 4.98 Å². The van der Waals surface area contributed by atoms with Crippen molar-refractivity contribution in [1.82, 2.24) is 4.98 Å². The highest BCUT2D eigenvalue weighted by Gasteiger charge is 2.17. The minimum atomic E-state index is -1.16. The molecule has 0 bridgehead atoms. The summed E-state index contributed by atoms with van der Waals surface area (Å²) in [4.78, 5) is 15.0. The van der Waals surface area contributed by atoms with E-state index in [9.17, 15) is 9.90 Å². The van der Waals surface area contributed by atoms with Gasteiger partial charge in [-0.2, -0.15) is 0 Å². The van der Waals surface area contributed by atoms with E-state index in [0.29, 0.717) is 5.56 Å². The monoisotopic (exact) mass is 269 g/mol. The number of carboxylic acid groups (broad SMARTS) is 1. The number of carboxylic acids is 1. The minimum absolute atomic E-state index is 0.193. The fourth-order valence-corrected chi connectivity index (χ4v) is 2.04. The Morgan fingerprint density at radius 1 is 1.20 bits per heavy atom. The molecule has 0 amide bonds. The molecule has 1 aromatic carbocycles. The van der Waals surface area contributed by atoms with Gasteiger partial charge in [-0.05, 0) is 35.9 Å². The number of rotatable bonds is 3. The van der Waals surface area contributed by atoms with E-state index < -0.39 is 12.1 Å². The zero-order valence-electron chi connectivity index (χ0n) is 10.4. The summed E-state index contributed by atoms with van der Waals surface area (Å²) in [6.07, 6.45) is 0.692. The second kappa shape index (κ2) is 4.79. The number of nitrogens with zero attached hydrogens (tertiary/aromatic N) is 1. The maximum Gasteiger partial charge on any atom is 0.371 e. The van der Waals surface area contributed by atoms with Crippen molar-refractivity contribution in [3.05, 3.63) is 65.7 Å². The van der Waals surface area contributed by atoms with Crippen LogP contribution in [0.2, 0.25) is 0 Å². The van der Waals surface area contributed by atoms with Gasteiger partial charge in [0, 0.05) is 11.6 Å². The van der Waals surface area contributed by atoms with Gasteiger partial charge in [0.1, 0.15) is 11.9 Å². The average molecular weight is 269 g/mol. The molecule has 5 heteroatoms. The van der Waals surface area contributed by atoms with Gasteiger partial charge < -0.3 is 14.6 Å². The molecule has 20 heavy (non-hydrogen) atoms. The number of fused-ring (bicyclic) bond motifs is 1. The van der Waals surface area contributed by atoms with Crippen LogP contribution >= 0.6 is 0 Å². The number of hydrogen-bond donors (Lipinski definition) is 2. The number of aliphatic hydroxyl groups is 1. The lowest BCUT2D eigenvalue weighted by atomic mass is 10.0. The smallest absolute Gasteiger partial charge is 0.371 e. The van der Waals surface area contributed by atoms with Gasteiger partial charge in [-0.1, -0.05) is 12.1 Å². The van der Waals surface area contributed by atoms with E-state index in [1.165, 1.54) is 12.1 Å². The van der Waals surface area contributed by atoms with Crippen LogP contribution in [0.15, 0.2) is 53.1 Å². The number of hydrogen-bond acceptors (Lipinski definition) is 4. The number of pyridine rings is 1. The van der Waals surface area contributed by atoms with Crippen LogP contribution in [0.3, 0.4) is 0 Å². The van der Waals surface area contributed by atoms with Crippen molar-refractivity contribution in [2.24, 2.45) is 0 Å². The molecule has 3 aromatic rings. The molecule has 0 spiro atoms. The molecule has 0 saturated heterocycles. The maximum atomic E-state index is 10.8. The van der Waals surface area contributed by atoms with E-state index in [-0.39, 0.29) is 11.5 Å². The zero-order valence-corrected chi connectivity index (χ0v) is 10.4. The Bertz CT molecular complexity index is 778. The number of aromatic carboxylic acids is 1. The molecule has 2 N–H and O–H groups in total. The van der Waals surface area contributed by atoms with Gasteiger partial charge in [-0.25, -0.2) is 4.79 Å². The van der Waals surface area contributed by atoms with Gasteiger partial charge in [0.15, 0.2) is 0 Å². The molecule has 2 aromatic heterocycles. The molecule has 1 unspecified atom stereocenters. The predicted molar refractivity (Wildman–Crippen MR) is 71.5 cm³/mol. The first kappa shape index (κ1) is 12.4. The molecule has 0 radical (unpaired) electrons. The van der Waals surface area contributed by atoms with Crippen molar-refractivity contribution in [1.29, 1.82) is 0 Å². The Hall–Kier alpha value is -2.66. The number of furan rings is 1. The van der Waals surface area contributed by atoms with Crippen molar-refractivity contribution in [2.45, 2.75) is 6.10 Å². The van der Waals surface area contributed by atoms with E-state index in [4.69, 9.17) is 9.52 Å². The first-order valence-electron chi connectivity index (χ1n) is 6.01. The fourth-order valence-electron chi connectivity index (χ4n) is 2.04. The van der Waals surface area contributed by atoms with Gasteiger partial charge in [-0.3, -0.25) is 4.98 Å². The average Bonchev–Trinajstić information content (AvgIpc) is 2.96. The van der Waals surface area contributed by atoms with Crippen molar-refractivity contribution >= 4 is 16.9 Å². The molecule has 2 heterocycles. The summed E-state index contributed by atoms with van der Waals surface area (Å²) in [5, 5.41) is 19.9. The first-order chi connectivity index (χ1) is 9.65. The summed E-state index contributed by atoms with van der Waals surface area (Å²) in [7, 11) is 0. The first-order valence-corrected chi connectivity index (χ1v) is 6.01. The number of aromatic nitrogens is 1. The minimum Gasteiger partial charge on any atom is -0.475 e. The Balaban J connectivity index is 1.98. The summed E-state index contributed by atoms with van der Waals surface area (Å²) < 4.78 is 5.11. The SMILES string of the molecule is O=C(O)c1ccc(C(O)c2ccc3ncccc3c2)o1. The summed E-state index contributed by atoms with van der Waals surface area (Å²) >= 11 is 0. The van der Waals surface area contributed by atoms with Crippen LogP contribution in [0.25, 0.3) is 10.9 Å². The number of carbonyl (C=O) groups is 1. The van der Waals surface area contributed by atoms with E-state index in [1.807, 2.05) is 12.1 Å². The molecule has 3 rings (SSSR count). The number of benzene rings is 1. The second-order valence-corrected chi connectivity index (χ2v) is 4.37. The summed E-state index contributed by atoms with van der Waals surface area (Å²) in [6.45, 7) is 0. The van der Waals surface area contributed by atoms with Crippen molar-refractivity contribution in [2.75, 3.05) is 0 Å². The fraction of sp³-hybridized carbons (Fsp3) is 0.0667. The second-order valence-electron chi connectivity index (χ2n) is 4.37. The lowest BCUT2D eigenvalue weighted by molar-refractivity contribution is 0.0655. The lowest BCUT2D eigenvalue weighted by Gasteiger charge is -2.09. The highest BCUT2D eigenvalue weighted by Crippen LogP contribution is 2.26. The van der Waals surface area contributed by atoms with Crippen LogP contribution in [0.4, 0.5) is 0 Å². The van der Waals surface area contributed by atoms with Gasteiger partial charge in [-0.15, -0.1) is 0 Å². The molecule has 0 aliphatic heterocycles. The highest BCUT2D eigenvalue weighted by atomic mass is 16.4. The molecule has 100 valence electrons. The van der Waals surface area contributed by atoms with Crippen LogP contribution in [-0.4, -0.2) is 21.2 Å². The van der Waals surface area contributed by atoms with Gasteiger partial charge in [0.2, 0.25) is 5.76 Å².